The standard InChI is InChI=1S/C15H19F3N4OS2/c1-2-21-5-7-22(8-6-21)14(24)25-10-13(23)20-12-4-3-11(9-19-12)15(16,17)18/h3-4,9H,2,5-8,10H2,1H3,(H,19,20,23). The largest absolute Gasteiger partial charge is 0.417 e. The number of nitrogens with one attached hydrogen (secondary N) is 1. The van der Waals surface area contributed by atoms with Gasteiger partial charge in [-0.3, -0.25) is 4.79 Å². The van der Waals surface area contributed by atoms with Gasteiger partial charge in [0.25, 0.3) is 0 Å². The third-order valence-electron chi connectivity index (χ3n) is 3.76. The topological polar surface area (TPSA) is 48.5 Å². The van der Waals surface area contributed by atoms with E-state index in [4.69, 9.17) is 12.2 Å². The van der Waals surface area contributed by atoms with Crippen LogP contribution in [0.3, 0.4) is 0 Å². The molecule has 0 spiro atoms. The van der Waals surface area contributed by atoms with Crippen molar-refractivity contribution >= 4 is 40.0 Å². The number of halogens is 3. The van der Waals surface area contributed by atoms with Gasteiger partial charge in [0, 0.05) is 32.4 Å². The molecule has 0 saturated carbocycles. The van der Waals surface area contributed by atoms with E-state index in [-0.39, 0.29) is 17.5 Å². The molecule has 1 aliphatic heterocycles. The summed E-state index contributed by atoms with van der Waals surface area (Å²) in [7, 11) is 0. The van der Waals surface area contributed by atoms with Crippen LogP contribution in [0.5, 0.6) is 0 Å². The number of hydrogen-bond acceptors (Lipinski definition) is 5. The van der Waals surface area contributed by atoms with Gasteiger partial charge < -0.3 is 15.1 Å². The van der Waals surface area contributed by atoms with Crippen LogP contribution in [0.2, 0.25) is 0 Å². The summed E-state index contributed by atoms with van der Waals surface area (Å²) in [5, 5.41) is 2.47. The molecule has 1 fully saturated rings. The summed E-state index contributed by atoms with van der Waals surface area (Å²) in [6.45, 7) is 6.68. The third kappa shape index (κ3) is 6.12. The molecule has 5 nitrogen and oxygen atoms in total. The first kappa shape index (κ1) is 19.9. The molecule has 0 atom stereocenters. The molecule has 0 aromatic carbocycles. The number of anilines is 1. The van der Waals surface area contributed by atoms with Crippen molar-refractivity contribution in [2.75, 3.05) is 43.8 Å². The first-order valence-corrected chi connectivity index (χ1v) is 9.16. The van der Waals surface area contributed by atoms with E-state index in [2.05, 4.69) is 27.0 Å². The molecule has 1 aliphatic rings. The molecule has 1 N–H and O–H groups in total. The number of likely N-dealkylation sites (N-methyl/N-ethyl adjacent to an activating group) is 1. The van der Waals surface area contributed by atoms with Crippen molar-refractivity contribution in [2.24, 2.45) is 0 Å². The summed E-state index contributed by atoms with van der Waals surface area (Å²) in [5.74, 6) is -0.178. The number of pyridine rings is 1. The fourth-order valence-electron chi connectivity index (χ4n) is 2.28. The number of thiocarbonyl (C=S) groups is 1. The number of piperazine rings is 1. The van der Waals surface area contributed by atoms with Gasteiger partial charge in [-0.1, -0.05) is 30.9 Å². The number of amides is 1. The van der Waals surface area contributed by atoms with Crippen LogP contribution in [-0.2, 0) is 11.0 Å². The van der Waals surface area contributed by atoms with E-state index in [1.807, 2.05) is 0 Å². The van der Waals surface area contributed by atoms with E-state index in [9.17, 15) is 18.0 Å². The van der Waals surface area contributed by atoms with E-state index in [0.717, 1.165) is 44.9 Å². The van der Waals surface area contributed by atoms with E-state index >= 15 is 0 Å². The summed E-state index contributed by atoms with van der Waals surface area (Å²) < 4.78 is 38.0. The second kappa shape index (κ2) is 8.81. The highest BCUT2D eigenvalue weighted by Crippen LogP contribution is 2.28. The van der Waals surface area contributed by atoms with Crippen LogP contribution in [0.1, 0.15) is 12.5 Å². The molecular formula is C15H19F3N4OS2. The number of hydrogen-bond donors (Lipinski definition) is 1. The lowest BCUT2D eigenvalue weighted by atomic mass is 10.3. The Hall–Kier alpha value is -1.39. The minimum absolute atomic E-state index is 0.0843. The second-order valence-corrected chi connectivity index (χ2v) is 7.06. The lowest BCUT2D eigenvalue weighted by Crippen LogP contribution is -2.47. The lowest BCUT2D eigenvalue weighted by Gasteiger charge is -2.35. The zero-order chi connectivity index (χ0) is 18.4. The van der Waals surface area contributed by atoms with Crippen molar-refractivity contribution in [1.82, 2.24) is 14.8 Å². The van der Waals surface area contributed by atoms with Crippen molar-refractivity contribution in [3.05, 3.63) is 23.9 Å². The fourth-order valence-corrected chi connectivity index (χ4v) is 3.33. The summed E-state index contributed by atoms with van der Waals surface area (Å²) in [6, 6.07) is 2.02. The molecule has 1 amide bonds. The molecule has 138 valence electrons. The van der Waals surface area contributed by atoms with Gasteiger partial charge >= 0.3 is 6.18 Å². The highest BCUT2D eigenvalue weighted by atomic mass is 32.2. The zero-order valence-electron chi connectivity index (χ0n) is 13.7. The van der Waals surface area contributed by atoms with Gasteiger partial charge in [-0.2, -0.15) is 13.2 Å². The van der Waals surface area contributed by atoms with Crippen molar-refractivity contribution in [2.45, 2.75) is 13.1 Å². The molecule has 1 saturated heterocycles. The third-order valence-corrected chi connectivity index (χ3v) is 5.29. The summed E-state index contributed by atoms with van der Waals surface area (Å²) in [6.07, 6.45) is -3.75. The van der Waals surface area contributed by atoms with E-state index < -0.39 is 11.7 Å². The Morgan fingerprint density at radius 1 is 1.32 bits per heavy atom. The predicted octanol–water partition coefficient (Wildman–Crippen LogP) is 2.69. The van der Waals surface area contributed by atoms with Crippen LogP contribution in [-0.4, -0.2) is 63.5 Å². The number of thioether (sulfide) groups is 1. The first-order valence-electron chi connectivity index (χ1n) is 7.76. The molecule has 10 heteroatoms. The molecule has 1 aromatic rings. The van der Waals surface area contributed by atoms with E-state index in [1.54, 1.807) is 0 Å². The number of rotatable bonds is 4. The van der Waals surface area contributed by atoms with Crippen LogP contribution in [0, 0.1) is 0 Å². The fraction of sp³-hybridized carbons (Fsp3) is 0.533. The van der Waals surface area contributed by atoms with Gasteiger partial charge in [0.15, 0.2) is 0 Å². The minimum Gasteiger partial charge on any atom is -0.355 e. The average molecular weight is 392 g/mol. The van der Waals surface area contributed by atoms with E-state index in [0.29, 0.717) is 10.5 Å². The van der Waals surface area contributed by atoms with Crippen molar-refractivity contribution in [3.8, 4) is 0 Å². The number of nitrogens with zero attached hydrogens (tertiary/aromatic N) is 3. The van der Waals surface area contributed by atoms with Gasteiger partial charge in [-0.05, 0) is 18.7 Å². The summed E-state index contributed by atoms with van der Waals surface area (Å²) in [4.78, 5) is 19.9. The Morgan fingerprint density at radius 2 is 2.00 bits per heavy atom. The average Bonchev–Trinajstić information content (AvgIpc) is 2.59. The lowest BCUT2D eigenvalue weighted by molar-refractivity contribution is -0.137. The van der Waals surface area contributed by atoms with Gasteiger partial charge in [0.05, 0.1) is 11.3 Å². The Kier molecular flexibility index (Phi) is 7.03. The van der Waals surface area contributed by atoms with Crippen LogP contribution in [0.4, 0.5) is 19.0 Å². The maximum absolute atomic E-state index is 12.5. The molecule has 1 aromatic heterocycles. The zero-order valence-corrected chi connectivity index (χ0v) is 15.3. The highest BCUT2D eigenvalue weighted by molar-refractivity contribution is 8.23. The summed E-state index contributed by atoms with van der Waals surface area (Å²) >= 11 is 6.59. The van der Waals surface area contributed by atoms with Crippen molar-refractivity contribution in [3.63, 3.8) is 0 Å². The highest BCUT2D eigenvalue weighted by Gasteiger charge is 2.30. The SMILES string of the molecule is CCN1CCN(C(=S)SCC(=O)Nc2ccc(C(F)(F)F)cn2)CC1. The Balaban J connectivity index is 1.76. The molecule has 0 bridgehead atoms. The maximum atomic E-state index is 12.5. The van der Waals surface area contributed by atoms with Gasteiger partial charge in [0.2, 0.25) is 5.91 Å². The van der Waals surface area contributed by atoms with Crippen molar-refractivity contribution < 1.29 is 18.0 Å². The minimum atomic E-state index is -4.45. The quantitative estimate of drug-likeness (QED) is 0.795. The number of alkyl halides is 3. The van der Waals surface area contributed by atoms with Crippen LogP contribution < -0.4 is 5.32 Å². The smallest absolute Gasteiger partial charge is 0.355 e. The second-order valence-electron chi connectivity index (χ2n) is 5.45. The van der Waals surface area contributed by atoms with Crippen LogP contribution in [0.25, 0.3) is 0 Å². The van der Waals surface area contributed by atoms with Crippen LogP contribution >= 0.6 is 24.0 Å². The number of carbonyl (C=O) groups is 1. The molecule has 2 rings (SSSR count). The number of aromatic nitrogens is 1. The normalized spacial score (nSPS) is 15.9. The Bertz CT molecular complexity index is 602. The molecule has 0 aliphatic carbocycles. The predicted molar refractivity (Wildman–Crippen MR) is 96.6 cm³/mol. The van der Waals surface area contributed by atoms with Crippen molar-refractivity contribution in [1.29, 1.82) is 0 Å². The Morgan fingerprint density at radius 3 is 2.52 bits per heavy atom. The Labute approximate surface area is 154 Å². The molecule has 0 unspecified atom stereocenters. The molecular weight excluding hydrogens is 373 g/mol. The van der Waals surface area contributed by atoms with Gasteiger partial charge in [0.1, 0.15) is 10.1 Å². The maximum Gasteiger partial charge on any atom is 0.417 e. The molecule has 0 radical (unpaired) electrons. The summed E-state index contributed by atoms with van der Waals surface area (Å²) in [5.41, 5.74) is -0.854. The van der Waals surface area contributed by atoms with Gasteiger partial charge in [-0.15, -0.1) is 0 Å². The first-order chi connectivity index (χ1) is 11.8. The van der Waals surface area contributed by atoms with Gasteiger partial charge in [-0.25, -0.2) is 4.98 Å². The number of carbonyl (C=O) groups excluding carboxylic acids is 1. The van der Waals surface area contributed by atoms with Crippen LogP contribution in [0.15, 0.2) is 18.3 Å². The molecule has 25 heavy (non-hydrogen) atoms. The molecule has 2 heterocycles. The van der Waals surface area contributed by atoms with E-state index in [1.165, 1.54) is 11.8 Å². The monoisotopic (exact) mass is 392 g/mol.